The Bertz CT molecular complexity index is 324. The van der Waals surface area contributed by atoms with Gasteiger partial charge in [-0.2, -0.15) is 0 Å². The summed E-state index contributed by atoms with van der Waals surface area (Å²) in [5.41, 5.74) is 0.137. The van der Waals surface area contributed by atoms with Crippen molar-refractivity contribution in [3.05, 3.63) is 50.6 Å². The van der Waals surface area contributed by atoms with E-state index in [1.165, 1.54) is 12.1 Å². The lowest BCUT2D eigenvalue weighted by atomic mass is 10.3. The number of rotatable bonds is 2. The molecule has 82 valence electrons. The van der Waals surface area contributed by atoms with E-state index in [4.69, 9.17) is 0 Å². The molecule has 0 bridgehead atoms. The highest BCUT2D eigenvalue weighted by Gasteiger charge is 1.99. The van der Waals surface area contributed by atoms with E-state index in [0.29, 0.717) is 0 Å². The van der Waals surface area contributed by atoms with E-state index in [1.807, 2.05) is 0 Å². The van der Waals surface area contributed by atoms with Gasteiger partial charge in [0, 0.05) is 30.9 Å². The molecular weight excluding hydrogens is 200 g/mol. The Morgan fingerprint density at radius 3 is 1.67 bits per heavy atom. The standard InChI is InChI=1S/C6H5NO2.C3H7NO2/c8-7(9)6-4-2-1-3-5-6;1-3(2)4(5)6/h1-5H;3H,1-2H3. The van der Waals surface area contributed by atoms with E-state index < -0.39 is 11.0 Å². The number of hydrogen-bond donors (Lipinski definition) is 0. The topological polar surface area (TPSA) is 86.3 Å². The van der Waals surface area contributed by atoms with Gasteiger partial charge >= 0.3 is 0 Å². The summed E-state index contributed by atoms with van der Waals surface area (Å²) >= 11 is 0. The monoisotopic (exact) mass is 212 g/mol. The molecule has 0 aliphatic heterocycles. The van der Waals surface area contributed by atoms with Gasteiger partial charge < -0.3 is 0 Å². The van der Waals surface area contributed by atoms with Crippen LogP contribution in [0.5, 0.6) is 0 Å². The molecule has 0 spiro atoms. The zero-order valence-corrected chi connectivity index (χ0v) is 8.49. The second kappa shape index (κ2) is 6.47. The lowest BCUT2D eigenvalue weighted by Crippen LogP contribution is -2.08. The van der Waals surface area contributed by atoms with Crippen molar-refractivity contribution >= 4 is 5.69 Å². The van der Waals surface area contributed by atoms with Crippen molar-refractivity contribution in [2.45, 2.75) is 19.9 Å². The van der Waals surface area contributed by atoms with Gasteiger partial charge in [-0.25, -0.2) is 0 Å². The fourth-order valence-electron chi connectivity index (χ4n) is 0.550. The summed E-state index contributed by atoms with van der Waals surface area (Å²) in [5, 5.41) is 19.5. The molecule has 0 fully saturated rings. The predicted molar refractivity (Wildman–Crippen MR) is 55.2 cm³/mol. The van der Waals surface area contributed by atoms with Crippen molar-refractivity contribution in [2.75, 3.05) is 0 Å². The third-order valence-electron chi connectivity index (χ3n) is 1.39. The van der Waals surface area contributed by atoms with Crippen LogP contribution < -0.4 is 0 Å². The van der Waals surface area contributed by atoms with E-state index in [-0.39, 0.29) is 10.6 Å². The van der Waals surface area contributed by atoms with Gasteiger partial charge in [-0.1, -0.05) is 18.2 Å². The Balaban J connectivity index is 0.000000288. The Labute approximate surface area is 86.8 Å². The minimum absolute atomic E-state index is 0.137. The summed E-state index contributed by atoms with van der Waals surface area (Å²) in [7, 11) is 0. The number of nitrogens with zero attached hydrogens (tertiary/aromatic N) is 2. The van der Waals surface area contributed by atoms with Crippen molar-refractivity contribution in [1.82, 2.24) is 0 Å². The van der Waals surface area contributed by atoms with Crippen LogP contribution in [0.15, 0.2) is 30.3 Å². The molecule has 0 unspecified atom stereocenters. The highest BCUT2D eigenvalue weighted by atomic mass is 16.6. The van der Waals surface area contributed by atoms with Crippen LogP contribution in [0.1, 0.15) is 13.8 Å². The van der Waals surface area contributed by atoms with Gasteiger partial charge in [0.25, 0.3) is 5.69 Å². The molecule has 6 nitrogen and oxygen atoms in total. The first-order chi connectivity index (χ1) is 6.95. The molecule has 1 aromatic rings. The maximum absolute atomic E-state index is 10.0. The molecule has 0 N–H and O–H groups in total. The minimum Gasteiger partial charge on any atom is -0.264 e. The summed E-state index contributed by atoms with van der Waals surface area (Å²) in [6, 6.07) is 7.51. The number of para-hydroxylation sites is 1. The third-order valence-corrected chi connectivity index (χ3v) is 1.39. The number of nitro benzene ring substituents is 1. The molecule has 0 amide bonds. The molecule has 6 heteroatoms. The van der Waals surface area contributed by atoms with Crippen LogP contribution >= 0.6 is 0 Å². The van der Waals surface area contributed by atoms with E-state index in [2.05, 4.69) is 0 Å². The van der Waals surface area contributed by atoms with Crippen molar-refractivity contribution in [3.8, 4) is 0 Å². The Morgan fingerprint density at radius 2 is 1.47 bits per heavy atom. The third kappa shape index (κ3) is 6.14. The summed E-state index contributed by atoms with van der Waals surface area (Å²) in [5.74, 6) is 0. The molecule has 1 aromatic carbocycles. The fourth-order valence-corrected chi connectivity index (χ4v) is 0.550. The average Bonchev–Trinajstić information content (AvgIpc) is 2.20. The average molecular weight is 212 g/mol. The van der Waals surface area contributed by atoms with Gasteiger partial charge in [-0.15, -0.1) is 0 Å². The zero-order valence-electron chi connectivity index (χ0n) is 8.49. The maximum Gasteiger partial charge on any atom is 0.269 e. The maximum atomic E-state index is 10.0. The fraction of sp³-hybridized carbons (Fsp3) is 0.333. The Hall–Kier alpha value is -1.98. The van der Waals surface area contributed by atoms with Crippen molar-refractivity contribution in [2.24, 2.45) is 0 Å². The molecule has 0 saturated heterocycles. The van der Waals surface area contributed by atoms with Crippen molar-refractivity contribution in [3.63, 3.8) is 0 Å². The second-order valence-electron chi connectivity index (χ2n) is 2.97. The van der Waals surface area contributed by atoms with Gasteiger partial charge in [0.05, 0.1) is 4.92 Å². The quantitative estimate of drug-likeness (QED) is 0.555. The molecule has 0 aromatic heterocycles. The summed E-state index contributed by atoms with van der Waals surface area (Å²) in [6.07, 6.45) is 0. The highest BCUT2D eigenvalue weighted by molar-refractivity contribution is 5.27. The van der Waals surface area contributed by atoms with Crippen LogP contribution in [0.4, 0.5) is 5.69 Å². The summed E-state index contributed by atoms with van der Waals surface area (Å²) < 4.78 is 0. The van der Waals surface area contributed by atoms with Crippen LogP contribution in [-0.4, -0.2) is 15.9 Å². The minimum atomic E-state index is -0.426. The SMILES string of the molecule is CC(C)[N+](=O)[O-].O=[N+]([O-])c1ccccc1. The van der Waals surface area contributed by atoms with Crippen molar-refractivity contribution in [1.29, 1.82) is 0 Å². The van der Waals surface area contributed by atoms with Gasteiger partial charge in [-0.3, -0.25) is 20.2 Å². The first-order valence-electron chi connectivity index (χ1n) is 4.28. The Morgan fingerprint density at radius 1 is 1.07 bits per heavy atom. The number of benzene rings is 1. The number of hydrogen-bond acceptors (Lipinski definition) is 4. The van der Waals surface area contributed by atoms with Crippen LogP contribution in [0.25, 0.3) is 0 Å². The zero-order chi connectivity index (χ0) is 11.8. The molecule has 0 saturated carbocycles. The normalized spacial score (nSPS) is 9.00. The lowest BCUT2D eigenvalue weighted by molar-refractivity contribution is -0.513. The molecule has 0 aliphatic carbocycles. The summed E-state index contributed by atoms with van der Waals surface area (Å²) in [4.78, 5) is 18.8. The number of non-ortho nitro benzene ring substituents is 1. The van der Waals surface area contributed by atoms with Gasteiger partial charge in [0.15, 0.2) is 0 Å². The molecule has 0 radical (unpaired) electrons. The van der Waals surface area contributed by atoms with Gasteiger partial charge in [0.1, 0.15) is 0 Å². The van der Waals surface area contributed by atoms with Gasteiger partial charge in [-0.05, 0) is 0 Å². The first kappa shape index (κ1) is 13.0. The van der Waals surface area contributed by atoms with Crippen LogP contribution in [-0.2, 0) is 0 Å². The van der Waals surface area contributed by atoms with E-state index >= 15 is 0 Å². The molecule has 0 heterocycles. The molecule has 0 aliphatic rings. The smallest absolute Gasteiger partial charge is 0.264 e. The first-order valence-corrected chi connectivity index (χ1v) is 4.28. The van der Waals surface area contributed by atoms with Crippen LogP contribution in [0, 0.1) is 20.2 Å². The second-order valence-corrected chi connectivity index (χ2v) is 2.97. The van der Waals surface area contributed by atoms with E-state index in [9.17, 15) is 20.2 Å². The van der Waals surface area contributed by atoms with Crippen LogP contribution in [0.3, 0.4) is 0 Å². The van der Waals surface area contributed by atoms with E-state index in [1.54, 1.807) is 32.0 Å². The molecule has 15 heavy (non-hydrogen) atoms. The van der Waals surface area contributed by atoms with E-state index in [0.717, 1.165) is 0 Å². The lowest BCUT2D eigenvalue weighted by Gasteiger charge is -1.88. The largest absolute Gasteiger partial charge is 0.269 e. The molecule has 1 rings (SSSR count). The van der Waals surface area contributed by atoms with Crippen molar-refractivity contribution < 1.29 is 9.85 Å². The molecule has 0 atom stereocenters. The number of nitro groups is 2. The summed E-state index contributed by atoms with van der Waals surface area (Å²) in [6.45, 7) is 3.08. The predicted octanol–water partition coefficient (Wildman–Crippen LogP) is 2.27. The Kier molecular flexibility index (Phi) is 5.62. The highest BCUT2D eigenvalue weighted by Crippen LogP contribution is 2.06. The van der Waals surface area contributed by atoms with Gasteiger partial charge in [0.2, 0.25) is 6.04 Å². The van der Waals surface area contributed by atoms with Crippen LogP contribution in [0.2, 0.25) is 0 Å². The molecular formula is C9H12N2O4.